The molecule has 0 aliphatic carbocycles. The third kappa shape index (κ3) is 3.51. The van der Waals surface area contributed by atoms with Crippen LogP contribution < -0.4 is 10.5 Å². The van der Waals surface area contributed by atoms with Crippen LogP contribution in [-0.4, -0.2) is 23.1 Å². The summed E-state index contributed by atoms with van der Waals surface area (Å²) in [5.74, 6) is 0.0211. The summed E-state index contributed by atoms with van der Waals surface area (Å²) in [6.45, 7) is 1.67. The molecule has 0 radical (unpaired) electrons. The normalized spacial score (nSPS) is 11.8. The molecule has 2 aromatic carbocycles. The molecule has 2 aromatic heterocycles. The van der Waals surface area contributed by atoms with E-state index in [2.05, 4.69) is 14.9 Å². The van der Waals surface area contributed by atoms with Crippen molar-refractivity contribution in [2.24, 2.45) is 0 Å². The van der Waals surface area contributed by atoms with Crippen LogP contribution in [-0.2, 0) is 16.6 Å². The van der Waals surface area contributed by atoms with E-state index < -0.39 is 15.8 Å². The van der Waals surface area contributed by atoms with Gasteiger partial charge in [-0.3, -0.25) is 9.29 Å². The van der Waals surface area contributed by atoms with Crippen LogP contribution >= 0.6 is 11.6 Å². The number of hydrogen-bond donors (Lipinski definition) is 1. The van der Waals surface area contributed by atoms with E-state index in [1.807, 2.05) is 0 Å². The van der Waals surface area contributed by atoms with Crippen LogP contribution in [0.25, 0.3) is 11.1 Å². The highest BCUT2D eigenvalue weighted by atomic mass is 35.5. The van der Waals surface area contributed by atoms with Gasteiger partial charge in [-0.15, -0.1) is 0 Å². The molecule has 0 saturated carbocycles. The fraction of sp³-hybridized carbons (Fsp3) is 0.118. The minimum Gasteiger partial charge on any atom is -0.408 e. The van der Waals surface area contributed by atoms with Crippen LogP contribution in [0.3, 0.4) is 0 Å². The number of sulfonamides is 1. The van der Waals surface area contributed by atoms with Gasteiger partial charge in [-0.25, -0.2) is 13.2 Å². The summed E-state index contributed by atoms with van der Waals surface area (Å²) in [6.07, 6.45) is 0. The molecule has 0 atom stereocenters. The summed E-state index contributed by atoms with van der Waals surface area (Å²) < 4.78 is 39.1. The molecule has 0 spiro atoms. The third-order valence-electron chi connectivity index (χ3n) is 3.90. The standard InChI is InChI=1S/C17H13ClN4O5S/c1-10-19-16(20-27-10)9-22-14-6-5-13(8-15(14)26-17(22)23)28(24,25)21-12-4-2-3-11(18)7-12/h2-8,21H,9H2,1H3. The summed E-state index contributed by atoms with van der Waals surface area (Å²) >= 11 is 5.88. The minimum absolute atomic E-state index is 0.0377. The molecule has 9 nitrogen and oxygen atoms in total. The molecular formula is C17H13ClN4O5S. The SMILES string of the molecule is Cc1nc(Cn2c(=O)oc3cc(S(=O)(=O)Nc4cccc(Cl)c4)ccc32)no1. The molecule has 0 unspecified atom stereocenters. The van der Waals surface area contributed by atoms with Gasteiger partial charge in [0.15, 0.2) is 11.4 Å². The first-order valence-corrected chi connectivity index (χ1v) is 9.89. The first-order valence-electron chi connectivity index (χ1n) is 8.03. The van der Waals surface area contributed by atoms with E-state index in [1.165, 1.54) is 28.8 Å². The highest BCUT2D eigenvalue weighted by Crippen LogP contribution is 2.23. The lowest BCUT2D eigenvalue weighted by molar-refractivity contribution is 0.385. The Kier molecular flexibility index (Phi) is 4.44. The lowest BCUT2D eigenvalue weighted by atomic mass is 10.3. The number of fused-ring (bicyclic) bond motifs is 1. The zero-order valence-electron chi connectivity index (χ0n) is 14.4. The zero-order chi connectivity index (χ0) is 19.9. The lowest BCUT2D eigenvalue weighted by Gasteiger charge is -2.08. The minimum atomic E-state index is -3.90. The number of benzene rings is 2. The number of aryl methyl sites for hydroxylation is 1. The molecule has 0 fully saturated rings. The van der Waals surface area contributed by atoms with Crippen LogP contribution in [0.15, 0.2) is 61.1 Å². The highest BCUT2D eigenvalue weighted by molar-refractivity contribution is 7.92. The van der Waals surface area contributed by atoms with Crippen molar-refractivity contribution < 1.29 is 17.4 Å². The van der Waals surface area contributed by atoms with Crippen molar-refractivity contribution >= 4 is 38.4 Å². The maximum atomic E-state index is 12.6. The van der Waals surface area contributed by atoms with Crippen LogP contribution in [0.5, 0.6) is 0 Å². The van der Waals surface area contributed by atoms with Gasteiger partial charge in [0.25, 0.3) is 10.0 Å². The zero-order valence-corrected chi connectivity index (χ0v) is 16.0. The molecule has 2 heterocycles. The van der Waals surface area contributed by atoms with E-state index in [-0.39, 0.29) is 17.0 Å². The Labute approximate surface area is 163 Å². The molecule has 0 aliphatic rings. The van der Waals surface area contributed by atoms with Crippen LogP contribution in [0.2, 0.25) is 5.02 Å². The fourth-order valence-electron chi connectivity index (χ4n) is 2.68. The Hall–Kier alpha value is -3.11. The Morgan fingerprint density at radius 2 is 2.04 bits per heavy atom. The number of rotatable bonds is 5. The predicted molar refractivity (Wildman–Crippen MR) is 101 cm³/mol. The van der Waals surface area contributed by atoms with Gasteiger partial charge in [-0.05, 0) is 30.3 Å². The van der Waals surface area contributed by atoms with Crippen LogP contribution in [0.4, 0.5) is 5.69 Å². The molecule has 0 aliphatic heterocycles. The van der Waals surface area contributed by atoms with Gasteiger partial charge in [0, 0.05) is 18.0 Å². The summed E-state index contributed by atoms with van der Waals surface area (Å²) in [6, 6.07) is 10.5. The van der Waals surface area contributed by atoms with E-state index in [1.54, 1.807) is 25.1 Å². The quantitative estimate of drug-likeness (QED) is 0.527. The number of nitrogens with zero attached hydrogens (tertiary/aromatic N) is 3. The Morgan fingerprint density at radius 1 is 1.21 bits per heavy atom. The second kappa shape index (κ2) is 6.80. The summed E-state index contributed by atoms with van der Waals surface area (Å²) in [7, 11) is -3.90. The monoisotopic (exact) mass is 420 g/mol. The molecule has 0 bridgehead atoms. The summed E-state index contributed by atoms with van der Waals surface area (Å²) in [5, 5.41) is 4.14. The fourth-order valence-corrected chi connectivity index (χ4v) is 3.93. The van der Waals surface area contributed by atoms with E-state index in [9.17, 15) is 13.2 Å². The lowest BCUT2D eigenvalue weighted by Crippen LogP contribution is -2.15. The summed E-state index contributed by atoms with van der Waals surface area (Å²) in [4.78, 5) is 16.2. The number of oxazole rings is 1. The molecule has 1 N–H and O–H groups in total. The van der Waals surface area contributed by atoms with Crippen molar-refractivity contribution in [3.63, 3.8) is 0 Å². The predicted octanol–water partition coefficient (Wildman–Crippen LogP) is 2.79. The molecule has 4 rings (SSSR count). The topological polar surface area (TPSA) is 120 Å². The van der Waals surface area contributed by atoms with Gasteiger partial charge in [-0.2, -0.15) is 4.98 Å². The molecule has 11 heteroatoms. The van der Waals surface area contributed by atoms with E-state index >= 15 is 0 Å². The average Bonchev–Trinajstić information content (AvgIpc) is 3.17. The number of aromatic nitrogens is 3. The van der Waals surface area contributed by atoms with E-state index in [0.29, 0.717) is 27.9 Å². The molecule has 0 amide bonds. The maximum absolute atomic E-state index is 12.6. The molecule has 28 heavy (non-hydrogen) atoms. The van der Waals surface area contributed by atoms with Crippen molar-refractivity contribution in [2.75, 3.05) is 4.72 Å². The van der Waals surface area contributed by atoms with Crippen molar-refractivity contribution in [3.8, 4) is 0 Å². The summed E-state index contributed by atoms with van der Waals surface area (Å²) in [5.41, 5.74) is 0.854. The van der Waals surface area contributed by atoms with Crippen LogP contribution in [0.1, 0.15) is 11.7 Å². The molecular weight excluding hydrogens is 408 g/mol. The van der Waals surface area contributed by atoms with Crippen molar-refractivity contribution in [3.05, 3.63) is 69.8 Å². The van der Waals surface area contributed by atoms with E-state index in [4.69, 9.17) is 20.5 Å². The van der Waals surface area contributed by atoms with E-state index in [0.717, 1.165) is 0 Å². The Balaban J connectivity index is 1.69. The number of halogens is 1. The highest BCUT2D eigenvalue weighted by Gasteiger charge is 2.19. The molecule has 144 valence electrons. The maximum Gasteiger partial charge on any atom is 0.420 e. The molecule has 0 saturated heterocycles. The van der Waals surface area contributed by atoms with Gasteiger partial charge in [0.05, 0.1) is 22.6 Å². The van der Waals surface area contributed by atoms with Crippen LogP contribution in [0, 0.1) is 6.92 Å². The second-order valence-electron chi connectivity index (χ2n) is 5.93. The van der Waals surface area contributed by atoms with Gasteiger partial charge >= 0.3 is 5.76 Å². The van der Waals surface area contributed by atoms with Gasteiger partial charge < -0.3 is 8.94 Å². The average molecular weight is 421 g/mol. The van der Waals surface area contributed by atoms with Gasteiger partial charge in [0.1, 0.15) is 0 Å². The molecule has 4 aromatic rings. The van der Waals surface area contributed by atoms with Crippen molar-refractivity contribution in [1.29, 1.82) is 0 Å². The number of hydrogen-bond acceptors (Lipinski definition) is 7. The largest absolute Gasteiger partial charge is 0.420 e. The smallest absolute Gasteiger partial charge is 0.408 e. The van der Waals surface area contributed by atoms with Crippen molar-refractivity contribution in [2.45, 2.75) is 18.4 Å². The Bertz CT molecular complexity index is 1340. The number of anilines is 1. The van der Waals surface area contributed by atoms with Gasteiger partial charge in [-0.1, -0.05) is 22.8 Å². The second-order valence-corrected chi connectivity index (χ2v) is 8.05. The first kappa shape index (κ1) is 18.3. The Morgan fingerprint density at radius 3 is 2.75 bits per heavy atom. The van der Waals surface area contributed by atoms with Crippen molar-refractivity contribution in [1.82, 2.24) is 14.7 Å². The van der Waals surface area contributed by atoms with Gasteiger partial charge in [0.2, 0.25) is 5.89 Å². The third-order valence-corrected chi connectivity index (χ3v) is 5.51. The first-order chi connectivity index (χ1) is 13.3. The number of nitrogens with one attached hydrogen (secondary N) is 1.